The van der Waals surface area contributed by atoms with Crippen LogP contribution >= 0.6 is 28.1 Å². The second-order valence-electron chi connectivity index (χ2n) is 4.52. The Morgan fingerprint density at radius 1 is 1.47 bits per heavy atom. The number of hydrogen-bond acceptors (Lipinski definition) is 3. The Labute approximate surface area is 127 Å². The van der Waals surface area contributed by atoms with E-state index < -0.39 is 10.0 Å². The SMILES string of the molecule is NC(=S)CCN(C1CC1)S(=O)(=O)c1cccc(Br)c1. The lowest BCUT2D eigenvalue weighted by Gasteiger charge is -2.21. The van der Waals surface area contributed by atoms with Gasteiger partial charge in [-0.2, -0.15) is 4.31 Å². The van der Waals surface area contributed by atoms with E-state index in [1.54, 1.807) is 24.3 Å². The summed E-state index contributed by atoms with van der Waals surface area (Å²) in [5.41, 5.74) is 5.47. The molecule has 1 aliphatic carbocycles. The van der Waals surface area contributed by atoms with Gasteiger partial charge in [-0.1, -0.05) is 34.2 Å². The molecule has 0 aliphatic heterocycles. The quantitative estimate of drug-likeness (QED) is 0.788. The number of halogens is 1. The Bertz CT molecular complexity index is 585. The van der Waals surface area contributed by atoms with Gasteiger partial charge in [-0.15, -0.1) is 0 Å². The van der Waals surface area contributed by atoms with Crippen molar-refractivity contribution in [3.05, 3.63) is 28.7 Å². The first-order chi connectivity index (χ1) is 8.91. The Balaban J connectivity index is 2.26. The monoisotopic (exact) mass is 362 g/mol. The van der Waals surface area contributed by atoms with Crippen LogP contribution in [0.3, 0.4) is 0 Å². The fourth-order valence-electron chi connectivity index (χ4n) is 1.84. The Kier molecular flexibility index (Phi) is 4.60. The molecular weight excluding hydrogens is 348 g/mol. The number of nitrogens with zero attached hydrogens (tertiary/aromatic N) is 1. The van der Waals surface area contributed by atoms with E-state index in [1.807, 2.05) is 0 Å². The molecule has 1 fully saturated rings. The molecule has 0 heterocycles. The third-order valence-electron chi connectivity index (χ3n) is 2.94. The van der Waals surface area contributed by atoms with Crippen LogP contribution in [0.1, 0.15) is 19.3 Å². The maximum atomic E-state index is 12.6. The summed E-state index contributed by atoms with van der Waals surface area (Å²) < 4.78 is 27.5. The van der Waals surface area contributed by atoms with Gasteiger partial charge in [-0.25, -0.2) is 8.42 Å². The van der Waals surface area contributed by atoms with Gasteiger partial charge < -0.3 is 5.73 Å². The molecule has 0 spiro atoms. The highest BCUT2D eigenvalue weighted by molar-refractivity contribution is 9.10. The van der Waals surface area contributed by atoms with Crippen molar-refractivity contribution in [1.82, 2.24) is 4.31 Å². The minimum Gasteiger partial charge on any atom is -0.393 e. The van der Waals surface area contributed by atoms with Crippen LogP contribution in [0.15, 0.2) is 33.6 Å². The Morgan fingerprint density at radius 2 is 2.16 bits per heavy atom. The predicted octanol–water partition coefficient (Wildman–Crippen LogP) is 2.28. The molecule has 0 saturated heterocycles. The predicted molar refractivity (Wildman–Crippen MR) is 82.5 cm³/mol. The van der Waals surface area contributed by atoms with Gasteiger partial charge in [0.15, 0.2) is 0 Å². The summed E-state index contributed by atoms with van der Waals surface area (Å²) in [5.74, 6) is 0. The minimum atomic E-state index is -3.47. The second-order valence-corrected chi connectivity index (χ2v) is 7.85. The molecule has 1 aliphatic rings. The van der Waals surface area contributed by atoms with E-state index in [0.29, 0.717) is 22.8 Å². The Hall–Kier alpha value is -0.500. The molecule has 0 radical (unpaired) electrons. The highest BCUT2D eigenvalue weighted by atomic mass is 79.9. The van der Waals surface area contributed by atoms with Crippen LogP contribution in [0.25, 0.3) is 0 Å². The van der Waals surface area contributed by atoms with Crippen LogP contribution in [-0.4, -0.2) is 30.3 Å². The van der Waals surface area contributed by atoms with Crippen molar-refractivity contribution in [3.8, 4) is 0 Å². The van der Waals surface area contributed by atoms with Crippen molar-refractivity contribution >= 4 is 43.2 Å². The molecule has 0 bridgehead atoms. The van der Waals surface area contributed by atoms with E-state index in [4.69, 9.17) is 18.0 Å². The number of nitrogens with two attached hydrogens (primary N) is 1. The molecule has 0 aromatic heterocycles. The number of thiocarbonyl (C=S) groups is 1. The zero-order valence-electron chi connectivity index (χ0n) is 10.3. The summed E-state index contributed by atoms with van der Waals surface area (Å²) >= 11 is 8.12. The highest BCUT2D eigenvalue weighted by Crippen LogP contribution is 2.32. The molecule has 2 N–H and O–H groups in total. The minimum absolute atomic E-state index is 0.0957. The Morgan fingerprint density at radius 3 is 2.68 bits per heavy atom. The number of hydrogen-bond donors (Lipinski definition) is 1. The molecule has 1 aromatic rings. The lowest BCUT2D eigenvalue weighted by molar-refractivity contribution is 0.413. The van der Waals surface area contributed by atoms with Crippen LogP contribution in [0, 0.1) is 0 Å². The van der Waals surface area contributed by atoms with Crippen LogP contribution in [-0.2, 0) is 10.0 Å². The van der Waals surface area contributed by atoms with Gasteiger partial charge in [0.2, 0.25) is 10.0 Å². The summed E-state index contributed by atoms with van der Waals surface area (Å²) in [5, 5.41) is 0. The summed E-state index contributed by atoms with van der Waals surface area (Å²) in [4.78, 5) is 0.645. The highest BCUT2D eigenvalue weighted by Gasteiger charge is 2.37. The first-order valence-electron chi connectivity index (χ1n) is 5.97. The van der Waals surface area contributed by atoms with Crippen LogP contribution in [0.5, 0.6) is 0 Å². The fraction of sp³-hybridized carbons (Fsp3) is 0.417. The second kappa shape index (κ2) is 5.87. The maximum absolute atomic E-state index is 12.6. The smallest absolute Gasteiger partial charge is 0.243 e. The molecule has 19 heavy (non-hydrogen) atoms. The lowest BCUT2D eigenvalue weighted by Crippen LogP contribution is -2.35. The summed E-state index contributed by atoms with van der Waals surface area (Å²) in [7, 11) is -3.47. The van der Waals surface area contributed by atoms with E-state index in [2.05, 4.69) is 15.9 Å². The van der Waals surface area contributed by atoms with Crippen molar-refractivity contribution < 1.29 is 8.42 Å². The van der Waals surface area contributed by atoms with Gasteiger partial charge >= 0.3 is 0 Å². The van der Waals surface area contributed by atoms with E-state index >= 15 is 0 Å². The largest absolute Gasteiger partial charge is 0.393 e. The molecule has 1 aromatic carbocycles. The van der Waals surface area contributed by atoms with Crippen molar-refractivity contribution in [2.75, 3.05) is 6.54 Å². The number of sulfonamides is 1. The summed E-state index contributed by atoms with van der Waals surface area (Å²) in [6.45, 7) is 0.356. The molecule has 104 valence electrons. The van der Waals surface area contributed by atoms with Crippen molar-refractivity contribution in [3.63, 3.8) is 0 Å². The van der Waals surface area contributed by atoms with Gasteiger partial charge in [0.25, 0.3) is 0 Å². The number of benzene rings is 1. The molecule has 0 unspecified atom stereocenters. The molecule has 1 saturated carbocycles. The topological polar surface area (TPSA) is 63.4 Å². The standard InChI is InChI=1S/C12H15BrN2O2S2/c13-9-2-1-3-11(8-9)19(16,17)15(10-4-5-10)7-6-12(14)18/h1-3,8,10H,4-7H2,(H2,14,18). The average Bonchev–Trinajstić information content (AvgIpc) is 3.13. The van der Waals surface area contributed by atoms with Gasteiger partial charge in [0, 0.05) is 23.5 Å². The van der Waals surface area contributed by atoms with Gasteiger partial charge in [0.1, 0.15) is 0 Å². The summed E-state index contributed by atoms with van der Waals surface area (Å²) in [6, 6.07) is 6.84. The average molecular weight is 363 g/mol. The van der Waals surface area contributed by atoms with Crippen LogP contribution in [0.2, 0.25) is 0 Å². The lowest BCUT2D eigenvalue weighted by atomic mass is 10.4. The fourth-order valence-corrected chi connectivity index (χ4v) is 4.22. The van der Waals surface area contributed by atoms with E-state index in [1.165, 1.54) is 4.31 Å². The van der Waals surface area contributed by atoms with Crippen molar-refractivity contribution in [2.24, 2.45) is 5.73 Å². The van der Waals surface area contributed by atoms with Crippen LogP contribution < -0.4 is 5.73 Å². The van der Waals surface area contributed by atoms with Gasteiger partial charge in [-0.3, -0.25) is 0 Å². The molecule has 4 nitrogen and oxygen atoms in total. The van der Waals surface area contributed by atoms with Gasteiger partial charge in [0.05, 0.1) is 9.88 Å². The van der Waals surface area contributed by atoms with Crippen molar-refractivity contribution in [2.45, 2.75) is 30.2 Å². The van der Waals surface area contributed by atoms with Gasteiger partial charge in [-0.05, 0) is 31.0 Å². The molecule has 0 amide bonds. The van der Waals surface area contributed by atoms with E-state index in [0.717, 1.165) is 17.3 Å². The van der Waals surface area contributed by atoms with E-state index in [9.17, 15) is 8.42 Å². The first-order valence-corrected chi connectivity index (χ1v) is 8.61. The van der Waals surface area contributed by atoms with Crippen molar-refractivity contribution in [1.29, 1.82) is 0 Å². The normalized spacial score (nSPS) is 15.7. The molecule has 2 rings (SSSR count). The maximum Gasteiger partial charge on any atom is 0.243 e. The van der Waals surface area contributed by atoms with Crippen LogP contribution in [0.4, 0.5) is 0 Å². The molecular formula is C12H15BrN2O2S2. The van der Waals surface area contributed by atoms with E-state index in [-0.39, 0.29) is 6.04 Å². The number of rotatable bonds is 6. The third-order valence-corrected chi connectivity index (χ3v) is 5.58. The summed E-state index contributed by atoms with van der Waals surface area (Å²) in [6.07, 6.45) is 2.23. The third kappa shape index (κ3) is 3.75. The zero-order chi connectivity index (χ0) is 14.0. The molecule has 7 heteroatoms. The first kappa shape index (κ1) is 14.9. The molecule has 0 atom stereocenters. The zero-order valence-corrected chi connectivity index (χ0v) is 13.5.